The molecule has 0 aliphatic heterocycles. The Morgan fingerprint density at radius 2 is 2.16 bits per heavy atom. The van der Waals surface area contributed by atoms with Gasteiger partial charge in [-0.1, -0.05) is 24.3 Å². The second kappa shape index (κ2) is 7.81. The summed E-state index contributed by atoms with van der Waals surface area (Å²) in [5.74, 6) is 0.801. The van der Waals surface area contributed by atoms with Crippen molar-refractivity contribution in [1.82, 2.24) is 9.66 Å². The number of para-hydroxylation sites is 1. The van der Waals surface area contributed by atoms with Crippen LogP contribution in [0.1, 0.15) is 12.6 Å². The molecule has 0 aliphatic rings. The van der Waals surface area contributed by atoms with E-state index >= 15 is 0 Å². The number of hydrogen-bond donors (Lipinski definition) is 1. The first-order valence-corrected chi connectivity index (χ1v) is 8.73. The molecule has 0 saturated heterocycles. The predicted molar refractivity (Wildman–Crippen MR) is 103 cm³/mol. The van der Waals surface area contributed by atoms with Crippen LogP contribution in [-0.4, -0.2) is 29.5 Å². The van der Waals surface area contributed by atoms with Crippen molar-refractivity contribution in [1.29, 1.82) is 0 Å². The Morgan fingerprint density at radius 3 is 2.88 bits per heavy atom. The fourth-order valence-electron chi connectivity index (χ4n) is 2.31. The van der Waals surface area contributed by atoms with E-state index in [2.05, 4.69) is 21.7 Å². The molecule has 0 bridgehead atoms. The quantitative estimate of drug-likeness (QED) is 0.531. The average Bonchev–Trinajstić information content (AvgIpc) is 3.27. The van der Waals surface area contributed by atoms with E-state index in [1.807, 2.05) is 59.6 Å². The van der Waals surface area contributed by atoms with Crippen LogP contribution in [0.15, 0.2) is 70.2 Å². The summed E-state index contributed by atoms with van der Waals surface area (Å²) in [6.45, 7) is 6.45. The number of methoxy groups -OCH3 is 1. The minimum absolute atomic E-state index is 0.573. The van der Waals surface area contributed by atoms with Crippen LogP contribution in [0.5, 0.6) is 5.75 Å². The highest BCUT2D eigenvalue weighted by Crippen LogP contribution is 2.29. The van der Waals surface area contributed by atoms with Crippen LogP contribution in [0.2, 0.25) is 0 Å². The van der Waals surface area contributed by atoms with Gasteiger partial charge in [0.15, 0.2) is 0 Å². The van der Waals surface area contributed by atoms with Crippen molar-refractivity contribution < 1.29 is 4.74 Å². The molecule has 0 aliphatic carbocycles. The van der Waals surface area contributed by atoms with Gasteiger partial charge in [0.05, 0.1) is 31.3 Å². The van der Waals surface area contributed by atoms with Gasteiger partial charge in [0.1, 0.15) is 5.75 Å². The second-order valence-electron chi connectivity index (χ2n) is 5.56. The van der Waals surface area contributed by atoms with Gasteiger partial charge in [-0.3, -0.25) is 4.99 Å². The molecule has 0 unspecified atom stereocenters. The molecular formula is C19H20N4OS. The van der Waals surface area contributed by atoms with Gasteiger partial charge in [-0.05, 0) is 31.2 Å². The highest BCUT2D eigenvalue weighted by Gasteiger charge is 2.11. The maximum absolute atomic E-state index is 5.50. The van der Waals surface area contributed by atoms with Crippen molar-refractivity contribution in [2.45, 2.75) is 6.92 Å². The number of benzene rings is 1. The van der Waals surface area contributed by atoms with Gasteiger partial charge in [-0.25, -0.2) is 4.68 Å². The molecule has 3 aromatic rings. The molecule has 128 valence electrons. The van der Waals surface area contributed by atoms with Crippen molar-refractivity contribution >= 4 is 17.6 Å². The molecule has 6 heteroatoms. The summed E-state index contributed by atoms with van der Waals surface area (Å²) < 4.78 is 7.34. The van der Waals surface area contributed by atoms with Crippen LogP contribution in [-0.2, 0) is 0 Å². The molecule has 5 nitrogen and oxygen atoms in total. The zero-order chi connectivity index (χ0) is 17.6. The summed E-state index contributed by atoms with van der Waals surface area (Å²) in [6.07, 6.45) is 3.65. The molecule has 2 heterocycles. The Kier molecular flexibility index (Phi) is 5.30. The molecule has 0 amide bonds. The van der Waals surface area contributed by atoms with E-state index in [9.17, 15) is 0 Å². The number of aromatic amines is 1. The Labute approximate surface area is 150 Å². The van der Waals surface area contributed by atoms with Crippen LogP contribution in [0, 0.1) is 0 Å². The first-order chi connectivity index (χ1) is 12.2. The maximum Gasteiger partial charge on any atom is 0.206 e. The van der Waals surface area contributed by atoms with Gasteiger partial charge >= 0.3 is 0 Å². The topological polar surface area (TPSA) is 54.7 Å². The van der Waals surface area contributed by atoms with E-state index in [0.717, 1.165) is 33.1 Å². The normalized spacial score (nSPS) is 12.0. The van der Waals surface area contributed by atoms with Crippen molar-refractivity contribution in [3.05, 3.63) is 70.6 Å². The van der Waals surface area contributed by atoms with Gasteiger partial charge in [0, 0.05) is 17.1 Å². The molecule has 0 fully saturated rings. The summed E-state index contributed by atoms with van der Waals surface area (Å²) in [5.41, 5.74) is 3.84. The van der Waals surface area contributed by atoms with Crippen LogP contribution in [0.4, 0.5) is 0 Å². The molecule has 0 saturated carbocycles. The Bertz CT molecular complexity index is 948. The molecule has 1 aromatic carbocycles. The van der Waals surface area contributed by atoms with E-state index in [-0.39, 0.29) is 0 Å². The van der Waals surface area contributed by atoms with Crippen LogP contribution < -0.4 is 9.54 Å². The standard InChI is InChI=1S/C19H20N4OS/c1-14(2)11-21-19-23(22-12-15-7-6-10-20-15)17(13-25-19)16-8-4-5-9-18(16)24-3/h4-10,12-13,20H,1,11H2,2-3H3. The minimum Gasteiger partial charge on any atom is -0.496 e. The van der Waals surface area contributed by atoms with Crippen molar-refractivity contribution in [2.24, 2.45) is 10.1 Å². The molecule has 2 aromatic heterocycles. The SMILES string of the molecule is C=C(C)CN=c1scc(-c2ccccc2OC)n1N=Cc1ccc[nH]1. The average molecular weight is 352 g/mol. The fraction of sp³-hybridized carbons (Fsp3) is 0.158. The number of H-pyrrole nitrogens is 1. The fourth-order valence-corrected chi connectivity index (χ4v) is 3.14. The Hall–Kier alpha value is -2.86. The largest absolute Gasteiger partial charge is 0.496 e. The molecule has 0 spiro atoms. The van der Waals surface area contributed by atoms with Gasteiger partial charge < -0.3 is 9.72 Å². The monoisotopic (exact) mass is 352 g/mol. The number of hydrogen-bond acceptors (Lipinski definition) is 4. The molecule has 1 N–H and O–H groups in total. The maximum atomic E-state index is 5.50. The van der Waals surface area contributed by atoms with E-state index in [1.165, 1.54) is 0 Å². The third-order valence-corrected chi connectivity index (χ3v) is 4.34. The summed E-state index contributed by atoms with van der Waals surface area (Å²) in [7, 11) is 1.67. The van der Waals surface area contributed by atoms with Crippen molar-refractivity contribution in [3.63, 3.8) is 0 Å². The number of nitrogens with one attached hydrogen (secondary N) is 1. The predicted octanol–water partition coefficient (Wildman–Crippen LogP) is 3.91. The smallest absolute Gasteiger partial charge is 0.206 e. The Morgan fingerprint density at radius 1 is 1.32 bits per heavy atom. The molecular weight excluding hydrogens is 332 g/mol. The number of nitrogens with zero attached hydrogens (tertiary/aromatic N) is 3. The van der Waals surface area contributed by atoms with Crippen LogP contribution in [0.3, 0.4) is 0 Å². The lowest BCUT2D eigenvalue weighted by Crippen LogP contribution is -2.13. The first kappa shape index (κ1) is 17.0. The van der Waals surface area contributed by atoms with E-state index in [0.29, 0.717) is 6.54 Å². The number of ether oxygens (including phenoxy) is 1. The lowest BCUT2D eigenvalue weighted by atomic mass is 10.1. The van der Waals surface area contributed by atoms with Gasteiger partial charge in [-0.15, -0.1) is 11.3 Å². The van der Waals surface area contributed by atoms with Crippen molar-refractivity contribution in [2.75, 3.05) is 13.7 Å². The highest BCUT2D eigenvalue weighted by molar-refractivity contribution is 7.07. The molecule has 0 atom stereocenters. The molecule has 0 radical (unpaired) electrons. The van der Waals surface area contributed by atoms with Gasteiger partial charge in [0.2, 0.25) is 4.80 Å². The van der Waals surface area contributed by atoms with E-state index in [4.69, 9.17) is 4.74 Å². The minimum atomic E-state index is 0.573. The second-order valence-corrected chi connectivity index (χ2v) is 6.40. The number of aromatic nitrogens is 2. The first-order valence-electron chi connectivity index (χ1n) is 7.85. The summed E-state index contributed by atoms with van der Waals surface area (Å²) >= 11 is 1.55. The summed E-state index contributed by atoms with van der Waals surface area (Å²) in [6, 6.07) is 11.8. The van der Waals surface area contributed by atoms with E-state index < -0.39 is 0 Å². The van der Waals surface area contributed by atoms with Crippen LogP contribution in [0.25, 0.3) is 11.3 Å². The molecule has 25 heavy (non-hydrogen) atoms. The zero-order valence-electron chi connectivity index (χ0n) is 14.3. The molecule has 3 rings (SSSR count). The lowest BCUT2D eigenvalue weighted by molar-refractivity contribution is 0.416. The van der Waals surface area contributed by atoms with E-state index in [1.54, 1.807) is 24.7 Å². The van der Waals surface area contributed by atoms with Crippen LogP contribution >= 0.6 is 11.3 Å². The van der Waals surface area contributed by atoms with Gasteiger partial charge in [-0.2, -0.15) is 5.10 Å². The lowest BCUT2D eigenvalue weighted by Gasteiger charge is -2.08. The van der Waals surface area contributed by atoms with Gasteiger partial charge in [0.25, 0.3) is 0 Å². The zero-order valence-corrected chi connectivity index (χ0v) is 15.1. The summed E-state index contributed by atoms with van der Waals surface area (Å²) in [4.78, 5) is 8.56. The third-order valence-electron chi connectivity index (χ3n) is 3.49. The number of rotatable bonds is 6. The number of thiazole rings is 1. The highest BCUT2D eigenvalue weighted by atomic mass is 32.1. The third kappa shape index (κ3) is 3.97. The van der Waals surface area contributed by atoms with Crippen molar-refractivity contribution in [3.8, 4) is 17.0 Å². The summed E-state index contributed by atoms with van der Waals surface area (Å²) in [5, 5.41) is 6.67. The Balaban J connectivity index is 2.12.